The summed E-state index contributed by atoms with van der Waals surface area (Å²) >= 11 is 0. The van der Waals surface area contributed by atoms with E-state index in [1.54, 1.807) is 0 Å². The van der Waals surface area contributed by atoms with Crippen LogP contribution in [0, 0.1) is 0 Å². The van der Waals surface area contributed by atoms with Crippen LogP contribution in [0.5, 0.6) is 0 Å². The molecule has 0 aromatic heterocycles. The van der Waals surface area contributed by atoms with E-state index >= 15 is 0 Å². The average Bonchev–Trinajstić information content (AvgIpc) is 2.24. The van der Waals surface area contributed by atoms with E-state index in [9.17, 15) is 4.57 Å². The van der Waals surface area contributed by atoms with Crippen molar-refractivity contribution in [1.29, 1.82) is 0 Å². The van der Waals surface area contributed by atoms with Gasteiger partial charge in [-0.15, -0.1) is 0 Å². The van der Waals surface area contributed by atoms with Gasteiger partial charge in [0, 0.05) is 0 Å². The maximum absolute atomic E-state index is 12.9. The summed E-state index contributed by atoms with van der Waals surface area (Å²) in [5, 5.41) is -0.599. The van der Waals surface area contributed by atoms with E-state index in [2.05, 4.69) is 69.0 Å². The Bertz CT molecular complexity index is 378. The number of rotatable bonds is 4. The molecule has 130 valence electrons. The van der Waals surface area contributed by atoms with Crippen molar-refractivity contribution in [2.24, 2.45) is 0 Å². The normalized spacial score (nSPS) is 17.4. The molecule has 0 atom stereocenters. The van der Waals surface area contributed by atoms with Crippen LogP contribution in [0.1, 0.15) is 62.3 Å². The summed E-state index contributed by atoms with van der Waals surface area (Å²) in [6.07, 6.45) is 0. The molecule has 0 unspecified atom stereocenters. The molecule has 0 N–H and O–H groups in total. The summed E-state index contributed by atoms with van der Waals surface area (Å²) in [6, 6.07) is 0. The minimum absolute atomic E-state index is 0.200. The van der Waals surface area contributed by atoms with Gasteiger partial charge < -0.3 is 0 Å². The van der Waals surface area contributed by atoms with Crippen molar-refractivity contribution >= 4 is 14.7 Å². The SMILES string of the molecule is COP(=O)(OC)OP(C)(C(C)(C)C)(C(C)(C)C)C(C)(C)C. The summed E-state index contributed by atoms with van der Waals surface area (Å²) in [5.74, 6) is 0. The van der Waals surface area contributed by atoms with E-state index in [1.165, 1.54) is 14.2 Å². The fourth-order valence-corrected chi connectivity index (χ4v) is 15.4. The molecule has 0 aliphatic carbocycles. The van der Waals surface area contributed by atoms with E-state index in [0.29, 0.717) is 0 Å². The molecule has 0 aromatic carbocycles. The predicted molar refractivity (Wildman–Crippen MR) is 94.8 cm³/mol. The van der Waals surface area contributed by atoms with Crippen molar-refractivity contribution in [3.05, 3.63) is 0 Å². The van der Waals surface area contributed by atoms with Crippen LogP contribution in [0.15, 0.2) is 0 Å². The monoisotopic (exact) mass is 342 g/mol. The molecule has 0 spiro atoms. The molecule has 0 aliphatic heterocycles. The van der Waals surface area contributed by atoms with Gasteiger partial charge in [-0.05, 0) is 0 Å². The van der Waals surface area contributed by atoms with Crippen molar-refractivity contribution in [1.82, 2.24) is 0 Å². The summed E-state index contributed by atoms with van der Waals surface area (Å²) < 4.78 is 29.6. The Hall–Kier alpha value is 0.540. The Morgan fingerprint density at radius 2 is 0.952 bits per heavy atom. The molecule has 0 bridgehead atoms. The Morgan fingerprint density at radius 1 is 0.714 bits per heavy atom. The van der Waals surface area contributed by atoms with Gasteiger partial charge in [0.25, 0.3) is 0 Å². The van der Waals surface area contributed by atoms with Crippen LogP contribution in [-0.4, -0.2) is 36.4 Å². The van der Waals surface area contributed by atoms with Crippen LogP contribution in [0.4, 0.5) is 0 Å². The Balaban J connectivity index is 6.74. The molecule has 21 heavy (non-hydrogen) atoms. The van der Waals surface area contributed by atoms with Crippen LogP contribution in [0.25, 0.3) is 0 Å². The average molecular weight is 342 g/mol. The minimum atomic E-state index is -3.60. The van der Waals surface area contributed by atoms with Gasteiger partial charge in [0.15, 0.2) is 0 Å². The van der Waals surface area contributed by atoms with Gasteiger partial charge in [0.05, 0.1) is 0 Å². The number of phosphoric acid groups is 1. The molecule has 0 aromatic rings. The standard InChI is InChI=1S/C15H36O4P2/c1-13(2,3)21(12,14(4,5)6,15(7,8)9)19-20(16,17-10)18-11/h1-12H3. The fraction of sp³-hybridized carbons (Fsp3) is 1.00. The zero-order valence-electron chi connectivity index (χ0n) is 16.0. The van der Waals surface area contributed by atoms with Crippen LogP contribution in [0.3, 0.4) is 0 Å². The molecule has 0 aliphatic rings. The summed E-state index contributed by atoms with van der Waals surface area (Å²) in [7, 11) is -0.851. The van der Waals surface area contributed by atoms with Crippen molar-refractivity contribution in [3.63, 3.8) is 0 Å². The van der Waals surface area contributed by atoms with Crippen molar-refractivity contribution < 1.29 is 17.9 Å². The third-order valence-electron chi connectivity index (χ3n) is 5.60. The first-order valence-corrected chi connectivity index (χ1v) is 11.4. The number of hydrogen-bond donors (Lipinski definition) is 0. The maximum atomic E-state index is 12.9. The second-order valence-corrected chi connectivity index (χ2v) is 18.1. The number of phosphoric ester groups is 1. The zero-order chi connectivity index (χ0) is 17.6. The first-order valence-electron chi connectivity index (χ1n) is 7.35. The Kier molecular flexibility index (Phi) is 5.71. The van der Waals surface area contributed by atoms with Crippen LogP contribution >= 0.6 is 14.7 Å². The first kappa shape index (κ1) is 21.5. The zero-order valence-corrected chi connectivity index (χ0v) is 17.8. The molecule has 0 rings (SSSR count). The second-order valence-electron chi connectivity index (χ2n) is 8.87. The van der Waals surface area contributed by atoms with Crippen LogP contribution in [-0.2, 0) is 17.9 Å². The van der Waals surface area contributed by atoms with E-state index < -0.39 is 14.7 Å². The van der Waals surface area contributed by atoms with Gasteiger partial charge in [-0.25, -0.2) is 0 Å². The van der Waals surface area contributed by atoms with Gasteiger partial charge >= 0.3 is 131 Å². The van der Waals surface area contributed by atoms with Crippen molar-refractivity contribution in [2.75, 3.05) is 20.9 Å². The van der Waals surface area contributed by atoms with Crippen LogP contribution in [0.2, 0.25) is 0 Å². The third kappa shape index (κ3) is 2.88. The van der Waals surface area contributed by atoms with Gasteiger partial charge in [0.1, 0.15) is 0 Å². The van der Waals surface area contributed by atoms with Crippen LogP contribution < -0.4 is 0 Å². The summed E-state index contributed by atoms with van der Waals surface area (Å²) in [6.45, 7) is 18.6. The molecule has 0 saturated heterocycles. The Labute approximate surface area is 131 Å². The Morgan fingerprint density at radius 3 is 1.10 bits per heavy atom. The molecule has 4 nitrogen and oxygen atoms in total. The molecule has 0 fully saturated rings. The first-order chi connectivity index (χ1) is 8.91. The topological polar surface area (TPSA) is 44.8 Å². The van der Waals surface area contributed by atoms with Gasteiger partial charge in [-0.1, -0.05) is 0 Å². The van der Waals surface area contributed by atoms with Gasteiger partial charge in [-0.2, -0.15) is 0 Å². The molecular formula is C15H36O4P2. The van der Waals surface area contributed by atoms with Gasteiger partial charge in [-0.3, -0.25) is 0 Å². The van der Waals surface area contributed by atoms with Crippen molar-refractivity contribution in [2.45, 2.75) is 77.8 Å². The third-order valence-corrected chi connectivity index (χ3v) is 18.6. The molecule has 0 heterocycles. The fourth-order valence-electron chi connectivity index (χ4n) is 3.78. The van der Waals surface area contributed by atoms with E-state index in [1.807, 2.05) is 0 Å². The van der Waals surface area contributed by atoms with Crippen molar-refractivity contribution in [3.8, 4) is 0 Å². The van der Waals surface area contributed by atoms with E-state index in [4.69, 9.17) is 13.4 Å². The van der Waals surface area contributed by atoms with E-state index in [-0.39, 0.29) is 15.5 Å². The molecular weight excluding hydrogens is 306 g/mol. The quantitative estimate of drug-likeness (QED) is 0.597. The molecule has 0 radical (unpaired) electrons. The molecule has 0 saturated carbocycles. The summed E-state index contributed by atoms with van der Waals surface area (Å²) in [5.41, 5.74) is 0. The molecule has 0 amide bonds. The predicted octanol–water partition coefficient (Wildman–Crippen LogP) is 5.90. The molecule has 6 heteroatoms. The second kappa shape index (κ2) is 5.56. The number of hydrogen-bond acceptors (Lipinski definition) is 4. The van der Waals surface area contributed by atoms with Gasteiger partial charge in [0.2, 0.25) is 0 Å². The van der Waals surface area contributed by atoms with E-state index in [0.717, 1.165) is 0 Å². The summed E-state index contributed by atoms with van der Waals surface area (Å²) in [4.78, 5) is 0.